The van der Waals surface area contributed by atoms with E-state index in [1.54, 1.807) is 23.1 Å². The second-order valence-electron chi connectivity index (χ2n) is 6.31. The Morgan fingerprint density at radius 2 is 2.19 bits per heavy atom. The third-order valence-corrected chi connectivity index (χ3v) is 6.82. The summed E-state index contributed by atoms with van der Waals surface area (Å²) in [5.41, 5.74) is 1.11. The van der Waals surface area contributed by atoms with Crippen LogP contribution < -0.4 is 0 Å². The Morgan fingerprint density at radius 1 is 1.31 bits per heavy atom. The van der Waals surface area contributed by atoms with E-state index in [4.69, 9.17) is 16.3 Å². The number of thiophene rings is 1. The highest BCUT2D eigenvalue weighted by Gasteiger charge is 2.23. The van der Waals surface area contributed by atoms with Crippen molar-refractivity contribution in [3.05, 3.63) is 52.4 Å². The molecule has 26 heavy (non-hydrogen) atoms. The Balaban J connectivity index is 1.63. The number of hydrogen-bond acceptors (Lipinski definition) is 5. The van der Waals surface area contributed by atoms with E-state index in [2.05, 4.69) is 39.2 Å². The maximum absolute atomic E-state index is 6.37. The largest absolute Gasteiger partial charge is 0.376 e. The molecule has 1 aliphatic rings. The highest BCUT2D eigenvalue weighted by Crippen LogP contribution is 2.39. The van der Waals surface area contributed by atoms with E-state index in [9.17, 15) is 0 Å². The Morgan fingerprint density at radius 3 is 2.92 bits per heavy atom. The van der Waals surface area contributed by atoms with E-state index in [0.717, 1.165) is 52.4 Å². The predicted molar refractivity (Wildman–Crippen MR) is 108 cm³/mol. The first-order chi connectivity index (χ1) is 12.7. The summed E-state index contributed by atoms with van der Waals surface area (Å²) < 4.78 is 8.07. The summed E-state index contributed by atoms with van der Waals surface area (Å²) in [4.78, 5) is 1.13. The Kier molecular flexibility index (Phi) is 5.64. The van der Waals surface area contributed by atoms with Gasteiger partial charge in [0.1, 0.15) is 0 Å². The topological polar surface area (TPSA) is 39.9 Å². The van der Waals surface area contributed by atoms with Crippen molar-refractivity contribution in [1.82, 2.24) is 14.8 Å². The van der Waals surface area contributed by atoms with Crippen molar-refractivity contribution in [2.24, 2.45) is 0 Å². The molecule has 4 nitrogen and oxygen atoms in total. The van der Waals surface area contributed by atoms with E-state index < -0.39 is 0 Å². The van der Waals surface area contributed by atoms with Crippen LogP contribution >= 0.6 is 34.7 Å². The van der Waals surface area contributed by atoms with E-state index in [1.807, 2.05) is 24.3 Å². The molecule has 2 unspecified atom stereocenters. The summed E-state index contributed by atoms with van der Waals surface area (Å²) in [7, 11) is 0. The van der Waals surface area contributed by atoms with Crippen LogP contribution in [0.1, 0.15) is 30.6 Å². The lowest BCUT2D eigenvalue weighted by molar-refractivity contribution is 0.0953. The minimum atomic E-state index is 0.187. The fraction of sp³-hybridized carbons (Fsp3) is 0.368. The van der Waals surface area contributed by atoms with Gasteiger partial charge in [0.25, 0.3) is 0 Å². The van der Waals surface area contributed by atoms with Gasteiger partial charge in [0.2, 0.25) is 0 Å². The molecule has 1 aliphatic heterocycles. The summed E-state index contributed by atoms with van der Waals surface area (Å²) in [6.45, 7) is 3.79. The monoisotopic (exact) mass is 405 g/mol. The lowest BCUT2D eigenvalue weighted by Gasteiger charge is -2.17. The molecule has 0 amide bonds. The molecule has 1 fully saturated rings. The lowest BCUT2D eigenvalue weighted by atomic mass is 10.2. The number of aromatic nitrogens is 3. The first-order valence-electron chi connectivity index (χ1n) is 8.72. The molecule has 3 aromatic rings. The Bertz CT molecular complexity index is 860. The third-order valence-electron chi connectivity index (χ3n) is 4.49. The molecule has 0 radical (unpaired) electrons. The summed E-state index contributed by atoms with van der Waals surface area (Å²) in [5.74, 6) is 0.921. The SMILES string of the molecule is CC(Sc1nnc(-c2cccs2)n1CC1CCCO1)c1ccccc1Cl. The van der Waals surface area contributed by atoms with Gasteiger partial charge < -0.3 is 4.74 Å². The molecule has 0 bridgehead atoms. The van der Waals surface area contributed by atoms with Gasteiger partial charge >= 0.3 is 0 Å². The van der Waals surface area contributed by atoms with Crippen LogP contribution in [0.3, 0.4) is 0 Å². The van der Waals surface area contributed by atoms with Crippen LogP contribution in [-0.4, -0.2) is 27.5 Å². The van der Waals surface area contributed by atoms with Crippen molar-refractivity contribution in [3.63, 3.8) is 0 Å². The van der Waals surface area contributed by atoms with E-state index in [0.29, 0.717) is 0 Å². The van der Waals surface area contributed by atoms with Crippen LogP contribution in [0, 0.1) is 0 Å². The molecule has 3 heterocycles. The van der Waals surface area contributed by atoms with Crippen molar-refractivity contribution in [2.45, 2.75) is 42.8 Å². The first-order valence-corrected chi connectivity index (χ1v) is 10.9. The number of halogens is 1. The van der Waals surface area contributed by atoms with Gasteiger partial charge in [-0.1, -0.05) is 47.6 Å². The molecule has 1 saturated heterocycles. The number of hydrogen-bond donors (Lipinski definition) is 0. The standard InChI is InChI=1S/C19H20ClN3OS2/c1-13(15-7-2-3-8-16(15)20)26-19-22-21-18(17-9-5-11-25-17)23(19)12-14-6-4-10-24-14/h2-3,5,7-9,11,13-14H,4,6,10,12H2,1H3. The number of benzene rings is 1. The number of thioether (sulfide) groups is 1. The fourth-order valence-corrected chi connectivity index (χ4v) is 5.25. The highest BCUT2D eigenvalue weighted by atomic mass is 35.5. The highest BCUT2D eigenvalue weighted by molar-refractivity contribution is 7.99. The first kappa shape index (κ1) is 18.0. The van der Waals surface area contributed by atoms with E-state index in [-0.39, 0.29) is 11.4 Å². The Labute approximate surface area is 166 Å². The fourth-order valence-electron chi connectivity index (χ4n) is 3.15. The molecule has 0 aliphatic carbocycles. The summed E-state index contributed by atoms with van der Waals surface area (Å²) in [5, 5.41) is 12.9. The van der Waals surface area contributed by atoms with Crippen molar-refractivity contribution < 1.29 is 4.74 Å². The summed E-state index contributed by atoms with van der Waals surface area (Å²) >= 11 is 9.75. The maximum Gasteiger partial charge on any atom is 0.192 e. The molecule has 0 spiro atoms. The zero-order valence-corrected chi connectivity index (χ0v) is 16.9. The van der Waals surface area contributed by atoms with Gasteiger partial charge in [-0.2, -0.15) is 0 Å². The summed E-state index contributed by atoms with van der Waals surface area (Å²) in [6.07, 6.45) is 2.45. The normalized spacial score (nSPS) is 18.3. The second-order valence-corrected chi connectivity index (χ2v) is 8.97. The zero-order chi connectivity index (χ0) is 17.9. The minimum Gasteiger partial charge on any atom is -0.376 e. The van der Waals surface area contributed by atoms with Crippen molar-refractivity contribution in [1.29, 1.82) is 0 Å². The van der Waals surface area contributed by atoms with Crippen molar-refractivity contribution in [2.75, 3.05) is 6.61 Å². The van der Waals surface area contributed by atoms with Crippen LogP contribution in [0.25, 0.3) is 10.7 Å². The van der Waals surface area contributed by atoms with Crippen LogP contribution in [-0.2, 0) is 11.3 Å². The molecule has 4 rings (SSSR count). The molecule has 0 saturated carbocycles. The number of ether oxygens (including phenoxy) is 1. The average molecular weight is 406 g/mol. The van der Waals surface area contributed by atoms with Crippen LogP contribution in [0.5, 0.6) is 0 Å². The second kappa shape index (κ2) is 8.13. The van der Waals surface area contributed by atoms with Crippen molar-refractivity contribution >= 4 is 34.7 Å². The molecule has 2 atom stereocenters. The van der Waals surface area contributed by atoms with Crippen LogP contribution in [0.4, 0.5) is 0 Å². The third kappa shape index (κ3) is 3.83. The molecule has 0 N–H and O–H groups in total. The number of rotatable bonds is 6. The van der Waals surface area contributed by atoms with Gasteiger partial charge in [0.05, 0.1) is 17.5 Å². The van der Waals surface area contributed by atoms with Gasteiger partial charge in [-0.3, -0.25) is 4.57 Å². The minimum absolute atomic E-state index is 0.187. The zero-order valence-electron chi connectivity index (χ0n) is 14.5. The van der Waals surface area contributed by atoms with Gasteiger partial charge in [-0.05, 0) is 42.8 Å². The Hall–Kier alpha value is -1.34. The van der Waals surface area contributed by atoms with Crippen LogP contribution in [0.15, 0.2) is 46.9 Å². The molecule has 7 heteroatoms. The number of nitrogens with zero attached hydrogens (tertiary/aromatic N) is 3. The molecule has 2 aromatic heterocycles. The molecule has 136 valence electrons. The van der Waals surface area contributed by atoms with Gasteiger partial charge in [0.15, 0.2) is 11.0 Å². The molecule has 1 aromatic carbocycles. The van der Waals surface area contributed by atoms with Gasteiger partial charge in [-0.25, -0.2) is 0 Å². The van der Waals surface area contributed by atoms with E-state index >= 15 is 0 Å². The van der Waals surface area contributed by atoms with Gasteiger partial charge in [-0.15, -0.1) is 21.5 Å². The van der Waals surface area contributed by atoms with Crippen molar-refractivity contribution in [3.8, 4) is 10.7 Å². The maximum atomic E-state index is 6.37. The summed E-state index contributed by atoms with van der Waals surface area (Å²) in [6, 6.07) is 12.1. The predicted octanol–water partition coefficient (Wildman–Crippen LogP) is 5.69. The van der Waals surface area contributed by atoms with E-state index in [1.165, 1.54) is 0 Å². The smallest absolute Gasteiger partial charge is 0.192 e. The lowest BCUT2D eigenvalue weighted by Crippen LogP contribution is -2.16. The van der Waals surface area contributed by atoms with Gasteiger partial charge in [0, 0.05) is 16.9 Å². The molecular weight excluding hydrogens is 386 g/mol. The van der Waals surface area contributed by atoms with Crippen LogP contribution in [0.2, 0.25) is 5.02 Å². The molecular formula is C19H20ClN3OS2. The quantitative estimate of drug-likeness (QED) is 0.493. The average Bonchev–Trinajstić information content (AvgIpc) is 3.38.